The zero-order chi connectivity index (χ0) is 51.8. The number of hydrogen-bond donors (Lipinski definition) is 2. The van der Waals surface area contributed by atoms with E-state index in [-0.39, 0.29) is 17.9 Å². The van der Waals surface area contributed by atoms with Gasteiger partial charge >= 0.3 is 0 Å². The third kappa shape index (κ3) is 11.0. The molecular formula is C58H69N9O8. The number of fused-ring (bicyclic) bond motifs is 6. The molecule has 3 saturated heterocycles. The van der Waals surface area contributed by atoms with E-state index in [1.54, 1.807) is 50.9 Å². The van der Waals surface area contributed by atoms with Crippen LogP contribution in [0, 0.1) is 17.8 Å². The number of nitrogens with zero attached hydrogens (tertiary/aromatic N) is 7. The van der Waals surface area contributed by atoms with E-state index >= 15 is 0 Å². The molecule has 1 saturated carbocycles. The molecule has 6 aromatic rings. The van der Waals surface area contributed by atoms with Gasteiger partial charge in [-0.2, -0.15) is 0 Å². The number of carbonyl (C=O) groups is 2. The number of ether oxygens (including phenoxy) is 6. The van der Waals surface area contributed by atoms with Crippen molar-refractivity contribution in [2.45, 2.75) is 103 Å². The van der Waals surface area contributed by atoms with Crippen molar-refractivity contribution in [2.24, 2.45) is 17.8 Å². The molecule has 12 rings (SSSR count). The first-order valence-electron chi connectivity index (χ1n) is 26.7. The van der Waals surface area contributed by atoms with Crippen molar-refractivity contribution in [3.8, 4) is 34.5 Å². The van der Waals surface area contributed by atoms with Crippen molar-refractivity contribution in [1.82, 2.24) is 45.3 Å². The summed E-state index contributed by atoms with van der Waals surface area (Å²) in [5, 5.41) is 9.08. The Hall–Kier alpha value is -6.82. The fourth-order valence-corrected chi connectivity index (χ4v) is 12.0. The number of pyridine rings is 4. The monoisotopic (exact) mass is 1020 g/mol. The first-order chi connectivity index (χ1) is 36.3. The van der Waals surface area contributed by atoms with Crippen molar-refractivity contribution in [3.05, 3.63) is 108 Å². The molecule has 5 atom stereocenters. The van der Waals surface area contributed by atoms with Gasteiger partial charge in [0.05, 0.1) is 38.7 Å². The Labute approximate surface area is 438 Å². The van der Waals surface area contributed by atoms with Gasteiger partial charge in [0.15, 0.2) is 34.3 Å². The highest BCUT2D eigenvalue weighted by Gasteiger charge is 2.42. The van der Waals surface area contributed by atoms with Crippen molar-refractivity contribution in [3.63, 3.8) is 0 Å². The van der Waals surface area contributed by atoms with Crippen LogP contribution in [0.1, 0.15) is 98.3 Å². The molecule has 0 radical (unpaired) electrons. The highest BCUT2D eigenvalue weighted by atomic mass is 16.7. The number of methoxy groups -OCH3 is 2. The van der Waals surface area contributed by atoms with Crippen LogP contribution in [0.4, 0.5) is 0 Å². The molecule has 2 amide bonds. The molecule has 0 spiro atoms. The molecule has 17 nitrogen and oxygen atoms in total. The van der Waals surface area contributed by atoms with Gasteiger partial charge in [-0.05, 0) is 155 Å². The van der Waals surface area contributed by atoms with E-state index in [1.807, 2.05) is 86.0 Å². The lowest BCUT2D eigenvalue weighted by Crippen LogP contribution is -2.48. The van der Waals surface area contributed by atoms with Crippen LogP contribution in [0.15, 0.2) is 85.2 Å². The summed E-state index contributed by atoms with van der Waals surface area (Å²) in [6, 6.07) is 23.4. The summed E-state index contributed by atoms with van der Waals surface area (Å²) < 4.78 is 34.9. The third-order valence-electron chi connectivity index (χ3n) is 15.6. The van der Waals surface area contributed by atoms with E-state index < -0.39 is 11.6 Å². The second-order valence-electron chi connectivity index (χ2n) is 21.8. The minimum Gasteiger partial charge on any atom is -0.493 e. The smallest absolute Gasteiger partial charge is 0.254 e. The molecule has 4 aromatic heterocycles. The predicted octanol–water partition coefficient (Wildman–Crippen LogP) is 8.04. The van der Waals surface area contributed by atoms with Gasteiger partial charge in [0.25, 0.3) is 11.8 Å². The maximum atomic E-state index is 14.3. The van der Waals surface area contributed by atoms with Gasteiger partial charge in [-0.15, -0.1) is 0 Å². The molecule has 2 aromatic carbocycles. The quantitative estimate of drug-likeness (QED) is 0.107. The summed E-state index contributed by atoms with van der Waals surface area (Å²) in [5.41, 5.74) is 3.99. The molecule has 1 aliphatic carbocycles. The van der Waals surface area contributed by atoms with E-state index in [9.17, 15) is 9.59 Å². The van der Waals surface area contributed by atoms with E-state index in [0.29, 0.717) is 89.1 Å². The van der Waals surface area contributed by atoms with Crippen LogP contribution in [-0.4, -0.2) is 130 Å². The molecule has 9 heterocycles. The van der Waals surface area contributed by atoms with Crippen LogP contribution in [0.2, 0.25) is 0 Å². The summed E-state index contributed by atoms with van der Waals surface area (Å²) in [6.45, 7) is 14.9. The third-order valence-corrected chi connectivity index (χ3v) is 15.6. The van der Waals surface area contributed by atoms with E-state index in [4.69, 9.17) is 33.4 Å². The number of rotatable bonds is 14. The largest absolute Gasteiger partial charge is 0.493 e. The van der Waals surface area contributed by atoms with E-state index in [2.05, 4.69) is 30.5 Å². The number of aromatic nitrogens is 4. The number of nitrogens with one attached hydrogen (secondary N) is 2. The second-order valence-corrected chi connectivity index (χ2v) is 21.8. The minimum absolute atomic E-state index is 0.0684. The molecule has 394 valence electrons. The highest BCUT2D eigenvalue weighted by Crippen LogP contribution is 2.48. The molecule has 5 aliphatic heterocycles. The first kappa shape index (κ1) is 50.3. The van der Waals surface area contributed by atoms with Crippen molar-refractivity contribution in [1.29, 1.82) is 0 Å². The lowest BCUT2D eigenvalue weighted by atomic mass is 9.85. The Morgan fingerprint density at radius 1 is 0.680 bits per heavy atom. The minimum atomic E-state index is -0.822. The van der Waals surface area contributed by atoms with Crippen LogP contribution in [-0.2, 0) is 13.1 Å². The second kappa shape index (κ2) is 21.1. The standard InChI is InChI=1S/C33H41N5O4.C25H28N4O4/c1-33(2)41-29-15-24(14-28(40-3)30(29)42-33)32(39)38(18-25-11-10-21-6-4-12-35-31(21)36-25)19-26-7-5-13-37(26)20-27-22-8-9-23(27)17-34-16-22;1-25(2)32-21-13-17(12-20(31-3)22(21)33-25)24(30)29(14-18-7-5-10-26-18)15-19-9-8-16-6-4-11-27-23(16)28-19/h4,6,10-12,14-15,22-23,26-27,34H,5,7-9,13,16-20H2,1-3H3;4,6,8-9,11-13,18,26H,5,7,10,14-15H2,1-3H3/t22-,23+,26-,27?;18-/m00/s1. The van der Waals surface area contributed by atoms with Crippen LogP contribution >= 0.6 is 0 Å². The van der Waals surface area contributed by atoms with Crippen LogP contribution in [0.3, 0.4) is 0 Å². The van der Waals surface area contributed by atoms with Gasteiger partial charge in [-0.25, -0.2) is 19.9 Å². The van der Waals surface area contributed by atoms with Crippen LogP contribution in [0.25, 0.3) is 22.1 Å². The number of likely N-dealkylation sites (tertiary alicyclic amines) is 1. The number of benzene rings is 2. The van der Waals surface area contributed by atoms with Gasteiger partial charge in [0.2, 0.25) is 23.1 Å². The fraction of sp³-hybridized carbons (Fsp3) is 0.483. The first-order valence-corrected chi connectivity index (χ1v) is 26.7. The highest BCUT2D eigenvalue weighted by molar-refractivity contribution is 5.96. The summed E-state index contributed by atoms with van der Waals surface area (Å²) in [4.78, 5) is 52.9. The molecule has 17 heteroatoms. The van der Waals surface area contributed by atoms with Crippen molar-refractivity contribution < 1.29 is 38.0 Å². The lowest BCUT2D eigenvalue weighted by Gasteiger charge is -2.37. The molecule has 2 bridgehead atoms. The number of carbonyl (C=O) groups excluding carboxylic acids is 2. The molecule has 75 heavy (non-hydrogen) atoms. The zero-order valence-electron chi connectivity index (χ0n) is 44.0. The Kier molecular flexibility index (Phi) is 14.1. The fourth-order valence-electron chi connectivity index (χ4n) is 12.0. The zero-order valence-corrected chi connectivity index (χ0v) is 44.0. The Morgan fingerprint density at radius 2 is 1.23 bits per heavy atom. The maximum Gasteiger partial charge on any atom is 0.254 e. The van der Waals surface area contributed by atoms with E-state index in [0.717, 1.165) is 98.3 Å². The molecular weight excluding hydrogens is 951 g/mol. The molecule has 4 fully saturated rings. The topological polar surface area (TPSA) is 175 Å². The Bertz CT molecular complexity index is 3060. The Balaban J connectivity index is 0.000000165. The number of piperidine rings is 1. The average molecular weight is 1020 g/mol. The SMILES string of the molecule is COc1cc(C(=O)N(Cc2ccc3cccnc3n2)C[C@@H]2CCCN2)cc2c1OC(C)(C)O2.COc1cc(C(=O)N(Cc2ccc3cccnc3n2)C[C@@H]2CCCN2CC2[C@@H]3CC[C@H]2CNC3)cc2c1OC(C)(C)O2. The van der Waals surface area contributed by atoms with E-state index in [1.165, 1.54) is 12.8 Å². The van der Waals surface area contributed by atoms with Gasteiger partial charge in [-0.3, -0.25) is 14.5 Å². The maximum absolute atomic E-state index is 14.3. The molecule has 2 N–H and O–H groups in total. The van der Waals surface area contributed by atoms with Gasteiger partial charge in [0.1, 0.15) is 0 Å². The van der Waals surface area contributed by atoms with Crippen LogP contribution in [0.5, 0.6) is 34.5 Å². The number of amides is 2. The average Bonchev–Trinajstić information content (AvgIpc) is 4.25. The number of hydrogen-bond acceptors (Lipinski definition) is 15. The predicted molar refractivity (Wildman–Crippen MR) is 283 cm³/mol. The molecule has 6 aliphatic rings. The van der Waals surface area contributed by atoms with Gasteiger partial charge in [-0.1, -0.05) is 0 Å². The Morgan fingerprint density at radius 3 is 1.75 bits per heavy atom. The van der Waals surface area contributed by atoms with Crippen molar-refractivity contribution in [2.75, 3.05) is 60.0 Å². The lowest BCUT2D eigenvalue weighted by molar-refractivity contribution is -0.0445. The van der Waals surface area contributed by atoms with Crippen LogP contribution < -0.4 is 39.1 Å². The summed E-state index contributed by atoms with van der Waals surface area (Å²) in [6.07, 6.45) is 10.6. The van der Waals surface area contributed by atoms with Gasteiger partial charge in [0, 0.05) is 93.7 Å². The normalized spacial score (nSPS) is 22.7. The summed E-state index contributed by atoms with van der Waals surface area (Å²) >= 11 is 0. The summed E-state index contributed by atoms with van der Waals surface area (Å²) in [5.74, 6) is 3.57. The molecule has 1 unspecified atom stereocenters. The summed E-state index contributed by atoms with van der Waals surface area (Å²) in [7, 11) is 3.15. The van der Waals surface area contributed by atoms with Gasteiger partial charge < -0.3 is 48.9 Å². The van der Waals surface area contributed by atoms with Crippen molar-refractivity contribution >= 4 is 33.9 Å².